The van der Waals surface area contributed by atoms with Crippen molar-refractivity contribution in [1.82, 2.24) is 9.78 Å². The van der Waals surface area contributed by atoms with E-state index >= 15 is 0 Å². The zero-order valence-corrected chi connectivity index (χ0v) is 19.3. The molecule has 0 aliphatic carbocycles. The number of methoxy groups -OCH3 is 2. The summed E-state index contributed by atoms with van der Waals surface area (Å²) in [5.41, 5.74) is 3.99. The minimum absolute atomic E-state index is 0.247. The Hall–Kier alpha value is -4.13. The van der Waals surface area contributed by atoms with Crippen LogP contribution in [0.1, 0.15) is 18.1 Å². The Morgan fingerprint density at radius 1 is 0.912 bits per heavy atom. The summed E-state index contributed by atoms with van der Waals surface area (Å²) < 4.78 is 25.3. The van der Waals surface area contributed by atoms with Gasteiger partial charge in [0, 0.05) is 17.8 Å². The summed E-state index contributed by atoms with van der Waals surface area (Å²) in [6.45, 7) is 2.36. The second-order valence-corrected chi connectivity index (χ2v) is 7.77. The molecule has 7 heteroatoms. The second kappa shape index (κ2) is 10.2. The van der Waals surface area contributed by atoms with Crippen molar-refractivity contribution >= 4 is 5.71 Å². The Morgan fingerprint density at radius 3 is 2.09 bits per heavy atom. The number of aromatic amines is 1. The van der Waals surface area contributed by atoms with Gasteiger partial charge >= 0.3 is 0 Å². The SMILES string of the molecule is COc1ccc(CCN=C(C)c2c(-c3ccc(OC)cc3)[nH]n(-c3ccc(F)cc3)c2=O)cc1. The number of ether oxygens (including phenoxy) is 2. The number of hydrogen-bond donors (Lipinski definition) is 1. The second-order valence-electron chi connectivity index (χ2n) is 7.77. The van der Waals surface area contributed by atoms with Crippen LogP contribution in [0.2, 0.25) is 0 Å². The summed E-state index contributed by atoms with van der Waals surface area (Å²) in [7, 11) is 3.24. The van der Waals surface area contributed by atoms with E-state index in [9.17, 15) is 9.18 Å². The average Bonchev–Trinajstić information content (AvgIpc) is 3.22. The molecule has 6 nitrogen and oxygen atoms in total. The standard InChI is InChI=1S/C27H26FN3O3/c1-18(29-17-16-19-4-12-23(33-2)13-5-19)25-26(20-6-14-24(34-3)15-7-20)30-31(27(25)32)22-10-8-21(28)9-11-22/h4-15,30H,16-17H2,1-3H3. The van der Waals surface area contributed by atoms with E-state index in [4.69, 9.17) is 14.5 Å². The maximum Gasteiger partial charge on any atom is 0.280 e. The first-order valence-corrected chi connectivity index (χ1v) is 10.9. The Morgan fingerprint density at radius 2 is 1.50 bits per heavy atom. The third kappa shape index (κ3) is 4.93. The normalized spacial score (nSPS) is 11.5. The third-order valence-electron chi connectivity index (χ3n) is 5.62. The highest BCUT2D eigenvalue weighted by Crippen LogP contribution is 2.24. The summed E-state index contributed by atoms with van der Waals surface area (Å²) in [5.74, 6) is 1.16. The molecular weight excluding hydrogens is 433 g/mol. The predicted octanol–water partition coefficient (Wildman–Crippen LogP) is 5.04. The molecule has 0 saturated heterocycles. The number of H-pyrrole nitrogens is 1. The Kier molecular flexibility index (Phi) is 6.92. The molecule has 1 N–H and O–H groups in total. The Bertz CT molecular complexity index is 1340. The van der Waals surface area contributed by atoms with Crippen LogP contribution in [0.4, 0.5) is 4.39 Å². The van der Waals surface area contributed by atoms with Crippen LogP contribution >= 0.6 is 0 Å². The first kappa shape index (κ1) is 23.0. The highest BCUT2D eigenvalue weighted by Gasteiger charge is 2.19. The van der Waals surface area contributed by atoms with Crippen LogP contribution in [-0.4, -0.2) is 36.3 Å². The van der Waals surface area contributed by atoms with Gasteiger partial charge in [-0.05, 0) is 79.6 Å². The molecule has 4 rings (SSSR count). The molecule has 3 aromatic carbocycles. The molecular formula is C27H26FN3O3. The van der Waals surface area contributed by atoms with E-state index in [-0.39, 0.29) is 11.4 Å². The fourth-order valence-electron chi connectivity index (χ4n) is 3.74. The van der Waals surface area contributed by atoms with Gasteiger partial charge in [-0.3, -0.25) is 14.9 Å². The van der Waals surface area contributed by atoms with Gasteiger partial charge in [0.15, 0.2) is 0 Å². The molecule has 4 aromatic rings. The van der Waals surface area contributed by atoms with Gasteiger partial charge in [-0.15, -0.1) is 0 Å². The lowest BCUT2D eigenvalue weighted by Gasteiger charge is -2.05. The number of benzene rings is 3. The van der Waals surface area contributed by atoms with E-state index < -0.39 is 0 Å². The van der Waals surface area contributed by atoms with Gasteiger partial charge in [-0.2, -0.15) is 0 Å². The summed E-state index contributed by atoms with van der Waals surface area (Å²) >= 11 is 0. The van der Waals surface area contributed by atoms with Crippen molar-refractivity contribution in [1.29, 1.82) is 0 Å². The van der Waals surface area contributed by atoms with Gasteiger partial charge in [0.25, 0.3) is 5.56 Å². The molecule has 0 saturated carbocycles. The molecule has 0 spiro atoms. The van der Waals surface area contributed by atoms with Gasteiger partial charge in [0.05, 0.1) is 31.2 Å². The van der Waals surface area contributed by atoms with E-state index in [0.29, 0.717) is 29.2 Å². The zero-order chi connectivity index (χ0) is 24.1. The number of halogens is 1. The summed E-state index contributed by atoms with van der Waals surface area (Å²) in [6.07, 6.45) is 0.732. The molecule has 1 aromatic heterocycles. The lowest BCUT2D eigenvalue weighted by atomic mass is 10.0. The van der Waals surface area contributed by atoms with Crippen LogP contribution in [0.3, 0.4) is 0 Å². The molecule has 174 valence electrons. The smallest absolute Gasteiger partial charge is 0.280 e. The van der Waals surface area contributed by atoms with Crippen LogP contribution in [-0.2, 0) is 6.42 Å². The van der Waals surface area contributed by atoms with Crippen LogP contribution < -0.4 is 15.0 Å². The van der Waals surface area contributed by atoms with Crippen molar-refractivity contribution in [2.75, 3.05) is 20.8 Å². The Balaban J connectivity index is 1.70. The largest absolute Gasteiger partial charge is 0.497 e. The zero-order valence-electron chi connectivity index (χ0n) is 19.3. The summed E-state index contributed by atoms with van der Waals surface area (Å²) in [6, 6.07) is 21.1. The number of rotatable bonds is 8. The van der Waals surface area contributed by atoms with Crippen LogP contribution in [0.15, 0.2) is 82.6 Å². The van der Waals surface area contributed by atoms with E-state index in [1.807, 2.05) is 55.5 Å². The number of hydrogen-bond acceptors (Lipinski definition) is 4. The Labute approximate surface area is 197 Å². The summed E-state index contributed by atoms with van der Waals surface area (Å²) in [5, 5.41) is 3.19. The molecule has 34 heavy (non-hydrogen) atoms. The quantitative estimate of drug-likeness (QED) is 0.375. The molecule has 1 heterocycles. The van der Waals surface area contributed by atoms with E-state index in [1.54, 1.807) is 26.4 Å². The minimum Gasteiger partial charge on any atom is -0.497 e. The fraction of sp³-hybridized carbons (Fsp3) is 0.185. The highest BCUT2D eigenvalue weighted by atomic mass is 19.1. The molecule has 0 amide bonds. The predicted molar refractivity (Wildman–Crippen MR) is 132 cm³/mol. The van der Waals surface area contributed by atoms with Gasteiger partial charge in [-0.25, -0.2) is 9.07 Å². The van der Waals surface area contributed by atoms with E-state index in [0.717, 1.165) is 29.0 Å². The van der Waals surface area contributed by atoms with Crippen molar-refractivity contribution in [3.8, 4) is 28.4 Å². The van der Waals surface area contributed by atoms with Crippen molar-refractivity contribution in [3.63, 3.8) is 0 Å². The lowest BCUT2D eigenvalue weighted by Crippen LogP contribution is -2.20. The van der Waals surface area contributed by atoms with Crippen molar-refractivity contribution < 1.29 is 13.9 Å². The van der Waals surface area contributed by atoms with Crippen molar-refractivity contribution in [3.05, 3.63) is 100 Å². The lowest BCUT2D eigenvalue weighted by molar-refractivity contribution is 0.414. The van der Waals surface area contributed by atoms with Gasteiger partial charge in [0.2, 0.25) is 0 Å². The van der Waals surface area contributed by atoms with Crippen LogP contribution in [0.5, 0.6) is 11.5 Å². The van der Waals surface area contributed by atoms with Crippen LogP contribution in [0.25, 0.3) is 16.9 Å². The average molecular weight is 460 g/mol. The first-order chi connectivity index (χ1) is 16.5. The minimum atomic E-state index is -0.366. The van der Waals surface area contributed by atoms with Crippen molar-refractivity contribution in [2.45, 2.75) is 13.3 Å². The molecule has 0 bridgehead atoms. The van der Waals surface area contributed by atoms with E-state index in [2.05, 4.69) is 5.10 Å². The summed E-state index contributed by atoms with van der Waals surface area (Å²) in [4.78, 5) is 18.1. The molecule has 0 aliphatic rings. The maximum absolute atomic E-state index is 13.4. The van der Waals surface area contributed by atoms with Crippen molar-refractivity contribution in [2.24, 2.45) is 4.99 Å². The van der Waals surface area contributed by atoms with Crippen LogP contribution in [0, 0.1) is 5.82 Å². The number of aromatic nitrogens is 2. The third-order valence-corrected chi connectivity index (χ3v) is 5.62. The van der Waals surface area contributed by atoms with Gasteiger partial charge in [0.1, 0.15) is 17.3 Å². The monoisotopic (exact) mass is 459 g/mol. The number of nitrogens with one attached hydrogen (secondary N) is 1. The fourth-order valence-corrected chi connectivity index (χ4v) is 3.74. The number of aliphatic imine (C=N–C) groups is 1. The first-order valence-electron chi connectivity index (χ1n) is 10.9. The maximum atomic E-state index is 13.4. The van der Waals surface area contributed by atoms with E-state index in [1.165, 1.54) is 16.8 Å². The highest BCUT2D eigenvalue weighted by molar-refractivity contribution is 6.03. The number of nitrogens with zero attached hydrogens (tertiary/aromatic N) is 2. The topological polar surface area (TPSA) is 68.6 Å². The van der Waals surface area contributed by atoms with Gasteiger partial charge < -0.3 is 9.47 Å². The molecule has 0 atom stereocenters. The molecule has 0 fully saturated rings. The van der Waals surface area contributed by atoms with Gasteiger partial charge in [-0.1, -0.05) is 12.1 Å². The molecule has 0 unspecified atom stereocenters. The molecule has 0 aliphatic heterocycles. The molecule has 0 radical (unpaired) electrons.